The van der Waals surface area contributed by atoms with Crippen molar-refractivity contribution in [1.29, 1.82) is 0 Å². The lowest BCUT2D eigenvalue weighted by molar-refractivity contribution is -0.941. The van der Waals surface area contributed by atoms with Gasteiger partial charge in [0.2, 0.25) is 0 Å². The number of thiophene rings is 1. The minimum atomic E-state index is -5.19. The van der Waals surface area contributed by atoms with Crippen molar-refractivity contribution >= 4 is 35.2 Å². The third-order valence-electron chi connectivity index (χ3n) is 7.72. The molecule has 3 saturated heterocycles. The Bertz CT molecular complexity index is 1390. The van der Waals surface area contributed by atoms with Crippen molar-refractivity contribution in [1.82, 2.24) is 0 Å². The molecule has 3 fully saturated rings. The van der Waals surface area contributed by atoms with Crippen LogP contribution in [-0.2, 0) is 16.1 Å². The maximum Gasteiger partial charge on any atom is 0.430 e. The van der Waals surface area contributed by atoms with E-state index in [0.29, 0.717) is 11.5 Å². The van der Waals surface area contributed by atoms with Crippen LogP contribution in [0.15, 0.2) is 71.4 Å². The van der Waals surface area contributed by atoms with Crippen LogP contribution in [0, 0.1) is 11.7 Å². The zero-order valence-electron chi connectivity index (χ0n) is 23.5. The first-order chi connectivity index (χ1) is 20.5. The summed E-state index contributed by atoms with van der Waals surface area (Å²) in [6, 6.07) is 17.0. The number of benzene rings is 2. The molecule has 0 saturated carbocycles. The molecule has 0 unspecified atom stereocenters. The standard InChI is InChI=1S/C29H32FN2O3S.C2HF3O2/c1-34-27-10-9-23(18-26(27)30)19-31(25-13-17-36-21-25)29(33)35-28-20-32(15-11-24(28)12-16-32)14-5-8-22-6-3-2-4-7-22;3-2(4,5)1(6)7/h2-10,13,17-18,21,24,28H,11-12,14-16,19-20H2,1H3;(H,6,7)/q+1;/p-1/t24?,28-,32?;/m0./s1. The number of hydrogen-bond acceptors (Lipinski definition) is 6. The van der Waals surface area contributed by atoms with Gasteiger partial charge in [-0.25, -0.2) is 9.18 Å². The topological polar surface area (TPSA) is 78.9 Å². The van der Waals surface area contributed by atoms with Crippen LogP contribution >= 0.6 is 11.3 Å². The van der Waals surface area contributed by atoms with Crippen molar-refractivity contribution in [2.24, 2.45) is 5.92 Å². The molecule has 0 spiro atoms. The number of amides is 1. The van der Waals surface area contributed by atoms with Gasteiger partial charge in [-0.3, -0.25) is 4.90 Å². The van der Waals surface area contributed by atoms with Crippen LogP contribution in [0.4, 0.5) is 28.0 Å². The number of fused-ring (bicyclic) bond motifs is 3. The Kier molecular flexibility index (Phi) is 10.5. The van der Waals surface area contributed by atoms with Gasteiger partial charge in [-0.05, 0) is 40.8 Å². The quantitative estimate of drug-likeness (QED) is 0.240. The van der Waals surface area contributed by atoms with Crippen molar-refractivity contribution in [2.45, 2.75) is 31.7 Å². The van der Waals surface area contributed by atoms with Gasteiger partial charge < -0.3 is 23.9 Å². The van der Waals surface area contributed by atoms with Crippen LogP contribution in [-0.4, -0.2) is 62.1 Å². The molecule has 3 aliphatic rings. The molecule has 1 amide bonds. The summed E-state index contributed by atoms with van der Waals surface area (Å²) in [7, 11) is 1.44. The first-order valence-electron chi connectivity index (χ1n) is 13.7. The van der Waals surface area contributed by atoms with Gasteiger partial charge in [-0.15, -0.1) is 0 Å². The second-order valence-electron chi connectivity index (χ2n) is 10.5. The van der Waals surface area contributed by atoms with Crippen LogP contribution in [0.2, 0.25) is 0 Å². The number of methoxy groups -OCH3 is 1. The summed E-state index contributed by atoms with van der Waals surface area (Å²) < 4.78 is 58.0. The van der Waals surface area contributed by atoms with Crippen molar-refractivity contribution in [3.8, 4) is 5.75 Å². The number of nitrogens with zero attached hydrogens (tertiary/aromatic N) is 2. The number of halogens is 4. The summed E-state index contributed by atoms with van der Waals surface area (Å²) in [5, 5.41) is 12.6. The molecule has 230 valence electrons. The van der Waals surface area contributed by atoms with Gasteiger partial charge in [0.15, 0.2) is 17.7 Å². The number of hydrogen-bond donors (Lipinski definition) is 0. The molecule has 6 rings (SSSR count). The molecule has 0 aliphatic carbocycles. The first-order valence-corrected chi connectivity index (χ1v) is 14.6. The van der Waals surface area contributed by atoms with E-state index in [1.54, 1.807) is 17.0 Å². The molecule has 4 heterocycles. The third-order valence-corrected chi connectivity index (χ3v) is 8.39. The molecular weight excluding hydrogens is 588 g/mol. The summed E-state index contributed by atoms with van der Waals surface area (Å²) in [6.07, 6.45) is 0.898. The van der Waals surface area contributed by atoms with Gasteiger partial charge in [0.1, 0.15) is 12.5 Å². The van der Waals surface area contributed by atoms with E-state index in [-0.39, 0.29) is 24.5 Å². The largest absolute Gasteiger partial charge is 0.542 e. The van der Waals surface area contributed by atoms with Gasteiger partial charge in [-0.2, -0.15) is 24.5 Å². The average molecular weight is 621 g/mol. The Labute approximate surface area is 251 Å². The number of quaternary nitrogens is 1. The second kappa shape index (κ2) is 14.0. The first kappa shape index (κ1) is 32.0. The molecule has 3 aromatic rings. The number of alkyl halides is 3. The van der Waals surface area contributed by atoms with Crippen LogP contribution in [0.3, 0.4) is 0 Å². The van der Waals surface area contributed by atoms with E-state index in [4.69, 9.17) is 19.4 Å². The highest BCUT2D eigenvalue weighted by atomic mass is 32.1. The molecule has 2 bridgehead atoms. The SMILES string of the molecule is COc1ccc(CN(C(=O)O[C@H]2C[N+]3(CC=Cc4ccccc4)CCC2CC3)c2ccsc2)cc1F.O=C([O-])C(F)(F)F. The number of carboxylic acid groups (broad SMARTS) is 1. The number of rotatable bonds is 8. The number of piperidine rings is 3. The predicted octanol–water partition coefficient (Wildman–Crippen LogP) is 5.66. The second-order valence-corrected chi connectivity index (χ2v) is 11.3. The number of carboxylic acids is 1. The maximum absolute atomic E-state index is 14.3. The predicted molar refractivity (Wildman–Crippen MR) is 153 cm³/mol. The van der Waals surface area contributed by atoms with Crippen molar-refractivity contribution < 1.29 is 46.2 Å². The summed E-state index contributed by atoms with van der Waals surface area (Å²) >= 11 is 1.52. The average Bonchev–Trinajstić information content (AvgIpc) is 3.52. The van der Waals surface area contributed by atoms with Crippen molar-refractivity contribution in [2.75, 3.05) is 38.2 Å². The number of ether oxygens (including phenoxy) is 2. The van der Waals surface area contributed by atoms with Crippen LogP contribution in [0.5, 0.6) is 5.75 Å². The molecule has 0 radical (unpaired) electrons. The smallest absolute Gasteiger partial charge is 0.430 e. The van der Waals surface area contributed by atoms with Gasteiger partial charge in [-0.1, -0.05) is 42.5 Å². The Balaban J connectivity index is 0.000000541. The van der Waals surface area contributed by atoms with E-state index in [1.807, 2.05) is 35.0 Å². The highest BCUT2D eigenvalue weighted by molar-refractivity contribution is 7.08. The van der Waals surface area contributed by atoms with Gasteiger partial charge >= 0.3 is 12.3 Å². The van der Waals surface area contributed by atoms with Gasteiger partial charge in [0.05, 0.1) is 39.0 Å². The lowest BCUT2D eigenvalue weighted by Gasteiger charge is -2.51. The fraction of sp³-hybridized carbons (Fsp3) is 0.355. The van der Waals surface area contributed by atoms with Gasteiger partial charge in [0, 0.05) is 24.1 Å². The van der Waals surface area contributed by atoms with E-state index < -0.39 is 18.0 Å². The zero-order chi connectivity index (χ0) is 31.0. The minimum Gasteiger partial charge on any atom is -0.542 e. The van der Waals surface area contributed by atoms with Crippen LogP contribution in [0.25, 0.3) is 6.08 Å². The molecule has 1 atom stereocenters. The maximum atomic E-state index is 14.3. The Morgan fingerprint density at radius 3 is 2.40 bits per heavy atom. The summed E-state index contributed by atoms with van der Waals surface area (Å²) in [6.45, 7) is 4.25. The highest BCUT2D eigenvalue weighted by Gasteiger charge is 2.47. The number of carbonyl (C=O) groups excluding carboxylic acids is 2. The molecule has 12 heteroatoms. The molecule has 1 aromatic heterocycles. The van der Waals surface area contributed by atoms with E-state index in [2.05, 4.69) is 24.3 Å². The molecule has 7 nitrogen and oxygen atoms in total. The zero-order valence-corrected chi connectivity index (χ0v) is 24.3. The Hall–Kier alpha value is -3.90. The fourth-order valence-electron chi connectivity index (χ4n) is 5.44. The Morgan fingerprint density at radius 1 is 1.12 bits per heavy atom. The fourth-order valence-corrected chi connectivity index (χ4v) is 6.09. The Morgan fingerprint density at radius 2 is 1.81 bits per heavy atom. The van der Waals surface area contributed by atoms with Crippen LogP contribution < -0.4 is 14.7 Å². The van der Waals surface area contributed by atoms with Crippen LogP contribution in [0.1, 0.15) is 24.0 Å². The molecule has 43 heavy (non-hydrogen) atoms. The minimum absolute atomic E-state index is 0.112. The van der Waals surface area contributed by atoms with E-state index in [9.17, 15) is 22.4 Å². The van der Waals surface area contributed by atoms with Crippen molar-refractivity contribution in [3.05, 3.63) is 88.4 Å². The van der Waals surface area contributed by atoms with E-state index in [0.717, 1.165) is 49.2 Å². The molecular formula is C31H32F4N2O5S. The van der Waals surface area contributed by atoms with E-state index in [1.165, 1.54) is 30.1 Å². The number of carbonyl (C=O) groups is 2. The summed E-state index contributed by atoms with van der Waals surface area (Å²) in [4.78, 5) is 23.9. The lowest BCUT2D eigenvalue weighted by Crippen LogP contribution is -2.64. The number of aliphatic carboxylic acids is 1. The highest BCUT2D eigenvalue weighted by Crippen LogP contribution is 2.36. The molecule has 3 aliphatic heterocycles. The third kappa shape index (κ3) is 8.57. The number of anilines is 1. The summed E-state index contributed by atoms with van der Waals surface area (Å²) in [5.41, 5.74) is 2.64. The monoisotopic (exact) mass is 620 g/mol. The molecule has 2 aromatic carbocycles. The summed E-state index contributed by atoms with van der Waals surface area (Å²) in [5.74, 6) is -2.87. The normalized spacial score (nSPS) is 21.1. The lowest BCUT2D eigenvalue weighted by atomic mass is 9.83. The van der Waals surface area contributed by atoms with E-state index >= 15 is 0 Å². The molecule has 0 N–H and O–H groups in total. The van der Waals surface area contributed by atoms with Gasteiger partial charge in [0.25, 0.3) is 0 Å². The van der Waals surface area contributed by atoms with Crippen molar-refractivity contribution in [3.63, 3.8) is 0 Å².